The molecule has 0 saturated heterocycles. The summed E-state index contributed by atoms with van der Waals surface area (Å²) in [5.74, 6) is 0.473. The van der Waals surface area contributed by atoms with Gasteiger partial charge in [0.25, 0.3) is 5.69 Å². The van der Waals surface area contributed by atoms with Crippen LogP contribution in [0.5, 0.6) is 11.5 Å². The van der Waals surface area contributed by atoms with Crippen LogP contribution < -0.4 is 14.8 Å². The number of ether oxygens (including phenoxy) is 2. The van der Waals surface area contributed by atoms with E-state index in [4.69, 9.17) is 9.47 Å². The second-order valence-electron chi connectivity index (χ2n) is 5.15. The Balaban J connectivity index is 2.04. The number of nitrogens with one attached hydrogen (secondary N) is 1. The molecule has 0 aromatic heterocycles. The minimum absolute atomic E-state index is 0.0362. The first-order chi connectivity index (χ1) is 11.5. The van der Waals surface area contributed by atoms with Crippen molar-refractivity contribution in [3.05, 3.63) is 63.5 Å². The molecule has 0 spiro atoms. The number of methoxy groups -OCH3 is 2. The van der Waals surface area contributed by atoms with Crippen LogP contribution in [-0.2, 0) is 13.0 Å². The fourth-order valence-corrected chi connectivity index (χ4v) is 2.37. The van der Waals surface area contributed by atoms with Gasteiger partial charge in [-0.1, -0.05) is 12.1 Å². The summed E-state index contributed by atoms with van der Waals surface area (Å²) < 4.78 is 23.4. The van der Waals surface area contributed by atoms with Crippen LogP contribution in [0.3, 0.4) is 0 Å². The van der Waals surface area contributed by atoms with Gasteiger partial charge in [-0.25, -0.2) is 4.39 Å². The molecule has 2 aromatic rings. The minimum atomic E-state index is -0.453. The molecule has 24 heavy (non-hydrogen) atoms. The molecule has 6 nitrogen and oxygen atoms in total. The third-order valence-electron chi connectivity index (χ3n) is 3.58. The van der Waals surface area contributed by atoms with Crippen LogP contribution in [0, 0.1) is 15.9 Å². The summed E-state index contributed by atoms with van der Waals surface area (Å²) in [6.45, 7) is 0.862. The highest BCUT2D eigenvalue weighted by Gasteiger charge is 2.19. The summed E-state index contributed by atoms with van der Waals surface area (Å²) in [5.41, 5.74) is 1.33. The molecule has 0 saturated carbocycles. The van der Waals surface area contributed by atoms with Crippen molar-refractivity contribution in [1.82, 2.24) is 5.32 Å². The molecule has 0 fully saturated rings. The number of rotatable bonds is 8. The van der Waals surface area contributed by atoms with Gasteiger partial charge in [0, 0.05) is 12.1 Å². The Kier molecular flexibility index (Phi) is 6.08. The van der Waals surface area contributed by atoms with Crippen molar-refractivity contribution in [1.29, 1.82) is 0 Å². The van der Waals surface area contributed by atoms with Gasteiger partial charge in [-0.2, -0.15) is 0 Å². The molecule has 128 valence electrons. The van der Waals surface area contributed by atoms with Crippen LogP contribution in [0.15, 0.2) is 36.4 Å². The molecule has 0 bridgehead atoms. The van der Waals surface area contributed by atoms with E-state index in [1.54, 1.807) is 12.1 Å². The van der Waals surface area contributed by atoms with Crippen LogP contribution >= 0.6 is 0 Å². The van der Waals surface area contributed by atoms with E-state index in [1.807, 2.05) is 6.07 Å². The second kappa shape index (κ2) is 8.26. The van der Waals surface area contributed by atoms with Crippen molar-refractivity contribution in [3.63, 3.8) is 0 Å². The summed E-state index contributed by atoms with van der Waals surface area (Å²) in [6, 6.07) is 9.30. The smallest absolute Gasteiger partial charge is 0.277 e. The largest absolute Gasteiger partial charge is 0.493 e. The summed E-state index contributed by atoms with van der Waals surface area (Å²) in [4.78, 5) is 10.8. The number of hydrogen-bond acceptors (Lipinski definition) is 5. The monoisotopic (exact) mass is 334 g/mol. The Morgan fingerprint density at radius 3 is 2.50 bits per heavy atom. The molecule has 0 amide bonds. The van der Waals surface area contributed by atoms with Gasteiger partial charge >= 0.3 is 0 Å². The molecule has 2 aromatic carbocycles. The molecule has 0 unspecified atom stereocenters. The van der Waals surface area contributed by atoms with Crippen LogP contribution in [0.4, 0.5) is 10.1 Å². The predicted molar refractivity (Wildman–Crippen MR) is 88.0 cm³/mol. The van der Waals surface area contributed by atoms with E-state index < -0.39 is 4.92 Å². The number of hydrogen-bond donors (Lipinski definition) is 1. The number of nitro benzene ring substituents is 1. The van der Waals surface area contributed by atoms with Crippen molar-refractivity contribution >= 4 is 5.69 Å². The molecule has 7 heteroatoms. The first-order valence-corrected chi connectivity index (χ1v) is 7.39. The highest BCUT2D eigenvalue weighted by Crippen LogP contribution is 2.34. The molecule has 2 rings (SSSR count). The summed E-state index contributed by atoms with van der Waals surface area (Å²) in [5, 5.41) is 14.4. The van der Waals surface area contributed by atoms with Gasteiger partial charge in [0.1, 0.15) is 5.82 Å². The quantitative estimate of drug-likeness (QED) is 0.456. The zero-order valence-electron chi connectivity index (χ0n) is 13.5. The third kappa shape index (κ3) is 4.42. The average Bonchev–Trinajstić information content (AvgIpc) is 2.57. The van der Waals surface area contributed by atoms with E-state index in [-0.39, 0.29) is 11.5 Å². The molecule has 1 N–H and O–H groups in total. The number of benzene rings is 2. The van der Waals surface area contributed by atoms with Gasteiger partial charge in [0.05, 0.1) is 25.2 Å². The van der Waals surface area contributed by atoms with Crippen LogP contribution in [0.1, 0.15) is 11.1 Å². The summed E-state index contributed by atoms with van der Waals surface area (Å²) >= 11 is 0. The summed E-state index contributed by atoms with van der Waals surface area (Å²) in [7, 11) is 2.91. The maximum absolute atomic E-state index is 13.1. The van der Waals surface area contributed by atoms with Gasteiger partial charge in [-0.05, 0) is 36.7 Å². The lowest BCUT2D eigenvalue weighted by molar-refractivity contribution is -0.385. The topological polar surface area (TPSA) is 73.6 Å². The summed E-state index contributed by atoms with van der Waals surface area (Å²) in [6.07, 6.45) is 0.624. The van der Waals surface area contributed by atoms with Gasteiger partial charge in [0.2, 0.25) is 0 Å². The number of halogens is 1. The SMILES string of the molecule is COc1cc(CNCCc2cccc(F)c2)c([N+](=O)[O-])cc1OC. The van der Waals surface area contributed by atoms with Crippen LogP contribution in [0.25, 0.3) is 0 Å². The van der Waals surface area contributed by atoms with Gasteiger partial charge in [0.15, 0.2) is 11.5 Å². The van der Waals surface area contributed by atoms with Crippen molar-refractivity contribution in [2.75, 3.05) is 20.8 Å². The Labute approximate surface area is 139 Å². The Morgan fingerprint density at radius 2 is 1.88 bits per heavy atom. The van der Waals surface area contributed by atoms with Gasteiger partial charge < -0.3 is 14.8 Å². The van der Waals surface area contributed by atoms with Gasteiger partial charge in [-0.3, -0.25) is 10.1 Å². The molecular weight excluding hydrogens is 315 g/mol. The predicted octanol–water partition coefficient (Wildman–Crippen LogP) is 3.08. The van der Waals surface area contributed by atoms with Crippen LogP contribution in [-0.4, -0.2) is 25.7 Å². The lowest BCUT2D eigenvalue weighted by atomic mass is 10.1. The van der Waals surface area contributed by atoms with E-state index in [1.165, 1.54) is 32.4 Å². The molecule has 0 aliphatic heterocycles. The zero-order chi connectivity index (χ0) is 17.5. The Hall–Kier alpha value is -2.67. The Morgan fingerprint density at radius 1 is 1.17 bits per heavy atom. The van der Waals surface area contributed by atoms with Gasteiger partial charge in [-0.15, -0.1) is 0 Å². The normalized spacial score (nSPS) is 10.5. The van der Waals surface area contributed by atoms with Crippen molar-refractivity contribution < 1.29 is 18.8 Å². The highest BCUT2D eigenvalue weighted by atomic mass is 19.1. The fraction of sp³-hybridized carbons (Fsp3) is 0.294. The van der Waals surface area contributed by atoms with E-state index >= 15 is 0 Å². The maximum atomic E-state index is 13.1. The second-order valence-corrected chi connectivity index (χ2v) is 5.15. The molecule has 0 atom stereocenters. The van der Waals surface area contributed by atoms with Crippen molar-refractivity contribution in [3.8, 4) is 11.5 Å². The minimum Gasteiger partial charge on any atom is -0.493 e. The van der Waals surface area contributed by atoms with E-state index in [9.17, 15) is 14.5 Å². The highest BCUT2D eigenvalue weighted by molar-refractivity contribution is 5.54. The number of nitrogens with zero attached hydrogens (tertiary/aromatic N) is 1. The van der Waals surface area contributed by atoms with Crippen molar-refractivity contribution in [2.24, 2.45) is 0 Å². The average molecular weight is 334 g/mol. The molecule has 0 aliphatic rings. The first-order valence-electron chi connectivity index (χ1n) is 7.39. The molecule has 0 aliphatic carbocycles. The first kappa shape index (κ1) is 17.7. The lowest BCUT2D eigenvalue weighted by Gasteiger charge is -2.11. The third-order valence-corrected chi connectivity index (χ3v) is 3.58. The van der Waals surface area contributed by atoms with E-state index in [0.29, 0.717) is 36.6 Å². The lowest BCUT2D eigenvalue weighted by Crippen LogP contribution is -2.17. The van der Waals surface area contributed by atoms with Crippen LogP contribution in [0.2, 0.25) is 0 Å². The van der Waals surface area contributed by atoms with E-state index in [2.05, 4.69) is 5.32 Å². The maximum Gasteiger partial charge on any atom is 0.277 e. The fourth-order valence-electron chi connectivity index (χ4n) is 2.37. The number of nitro groups is 1. The molecular formula is C17H19FN2O4. The Bertz CT molecular complexity index is 722. The molecule has 0 heterocycles. The molecule has 0 radical (unpaired) electrons. The van der Waals surface area contributed by atoms with Crippen molar-refractivity contribution in [2.45, 2.75) is 13.0 Å². The zero-order valence-corrected chi connectivity index (χ0v) is 13.5. The standard InChI is InChI=1S/C17H19FN2O4/c1-23-16-9-13(15(20(21)22)10-17(16)24-2)11-19-7-6-12-4-3-5-14(18)8-12/h3-5,8-10,19H,6-7,11H2,1-2H3. The van der Waals surface area contributed by atoms with E-state index in [0.717, 1.165) is 5.56 Å².